The van der Waals surface area contributed by atoms with E-state index < -0.39 is 0 Å². The molecule has 0 atom stereocenters. The van der Waals surface area contributed by atoms with Crippen LogP contribution in [0.4, 0.5) is 0 Å². The maximum Gasteiger partial charge on any atom is 0.254 e. The summed E-state index contributed by atoms with van der Waals surface area (Å²) >= 11 is 1.51. The van der Waals surface area contributed by atoms with Crippen molar-refractivity contribution in [3.05, 3.63) is 22.1 Å². The second-order valence-electron chi connectivity index (χ2n) is 5.83. The molecule has 0 aliphatic rings. The van der Waals surface area contributed by atoms with Crippen LogP contribution in [-0.2, 0) is 11.8 Å². The summed E-state index contributed by atoms with van der Waals surface area (Å²) in [7, 11) is 1.71. The third kappa shape index (κ3) is 5.77. The van der Waals surface area contributed by atoms with Crippen LogP contribution >= 0.6 is 11.8 Å². The quantitative estimate of drug-likeness (QED) is 0.512. The lowest BCUT2D eigenvalue weighted by atomic mass is 10.1. The van der Waals surface area contributed by atoms with E-state index in [2.05, 4.69) is 10.3 Å². The molecule has 1 aromatic rings. The number of carbonyl (C=O) groups is 1. The summed E-state index contributed by atoms with van der Waals surface area (Å²) in [4.78, 5) is 27.6. The monoisotopic (exact) mass is 297 g/mol. The zero-order valence-electron chi connectivity index (χ0n) is 12.8. The van der Waals surface area contributed by atoms with E-state index in [-0.39, 0.29) is 17.0 Å². The van der Waals surface area contributed by atoms with Gasteiger partial charge in [-0.3, -0.25) is 14.2 Å². The Morgan fingerprint density at radius 2 is 2.10 bits per heavy atom. The zero-order chi connectivity index (χ0) is 15.3. The minimum atomic E-state index is -0.188. The number of hydrogen-bond acceptors (Lipinski definition) is 4. The van der Waals surface area contributed by atoms with Gasteiger partial charge < -0.3 is 5.32 Å². The van der Waals surface area contributed by atoms with E-state index >= 15 is 0 Å². The molecule has 0 aliphatic heterocycles. The Morgan fingerprint density at radius 1 is 1.45 bits per heavy atom. The highest BCUT2D eigenvalue weighted by atomic mass is 32.2. The van der Waals surface area contributed by atoms with Crippen molar-refractivity contribution in [1.29, 1.82) is 0 Å². The summed E-state index contributed by atoms with van der Waals surface area (Å²) in [6, 6.07) is 1.51. The van der Waals surface area contributed by atoms with Gasteiger partial charge in [-0.15, -0.1) is 0 Å². The average Bonchev–Trinajstić information content (AvgIpc) is 2.28. The van der Waals surface area contributed by atoms with Gasteiger partial charge in [-0.05, 0) is 34.1 Å². The molecule has 1 N–H and O–H groups in total. The summed E-state index contributed by atoms with van der Waals surface area (Å²) in [5.74, 6) is 0.825. The fourth-order valence-corrected chi connectivity index (χ4v) is 2.60. The molecule has 0 saturated carbocycles. The normalized spacial score (nSPS) is 11.4. The van der Waals surface area contributed by atoms with E-state index in [1.165, 1.54) is 22.4 Å². The maximum atomic E-state index is 11.7. The number of nitrogens with zero attached hydrogens (tertiary/aromatic N) is 2. The Morgan fingerprint density at radius 3 is 2.70 bits per heavy atom. The van der Waals surface area contributed by atoms with Crippen LogP contribution in [0, 0.1) is 6.92 Å². The number of aromatic nitrogens is 2. The van der Waals surface area contributed by atoms with Crippen molar-refractivity contribution in [2.24, 2.45) is 7.05 Å². The highest BCUT2D eigenvalue weighted by molar-refractivity contribution is 7.99. The molecule has 0 saturated heterocycles. The molecule has 112 valence electrons. The maximum absolute atomic E-state index is 11.7. The zero-order valence-corrected chi connectivity index (χ0v) is 13.6. The number of rotatable bonds is 5. The van der Waals surface area contributed by atoms with Gasteiger partial charge in [0, 0.05) is 36.5 Å². The molecule has 0 aromatic carbocycles. The minimum Gasteiger partial charge on any atom is -0.352 e. The third-order valence-electron chi connectivity index (χ3n) is 2.52. The van der Waals surface area contributed by atoms with Crippen molar-refractivity contribution >= 4 is 17.7 Å². The predicted molar refractivity (Wildman–Crippen MR) is 82.1 cm³/mol. The van der Waals surface area contributed by atoms with Crippen molar-refractivity contribution in [3.63, 3.8) is 0 Å². The van der Waals surface area contributed by atoms with Crippen LogP contribution in [0.3, 0.4) is 0 Å². The van der Waals surface area contributed by atoms with Crippen molar-refractivity contribution in [3.8, 4) is 0 Å². The first kappa shape index (κ1) is 16.8. The fraction of sp³-hybridized carbons (Fsp3) is 0.643. The molecular formula is C14H23N3O2S. The fourth-order valence-electron chi connectivity index (χ4n) is 1.63. The second kappa shape index (κ2) is 6.92. The first-order valence-electron chi connectivity index (χ1n) is 6.67. The van der Waals surface area contributed by atoms with Gasteiger partial charge in [0.2, 0.25) is 5.91 Å². The van der Waals surface area contributed by atoms with E-state index in [4.69, 9.17) is 0 Å². The largest absolute Gasteiger partial charge is 0.352 e. The van der Waals surface area contributed by atoms with Crippen LogP contribution in [0.5, 0.6) is 0 Å². The highest BCUT2D eigenvalue weighted by Gasteiger charge is 2.13. The standard InChI is InChI=1S/C14H23N3O2S/c1-10-9-12(19)17(5)13(15-10)20-8-6-7-11(18)16-14(2,3)4/h9H,6-8H2,1-5H3,(H,16,18). The Balaban J connectivity index is 2.42. The molecule has 1 amide bonds. The first-order valence-corrected chi connectivity index (χ1v) is 7.66. The van der Waals surface area contributed by atoms with E-state index in [0.717, 1.165) is 17.9 Å². The summed E-state index contributed by atoms with van der Waals surface area (Å²) < 4.78 is 1.53. The van der Waals surface area contributed by atoms with Gasteiger partial charge in [0.15, 0.2) is 5.16 Å². The minimum absolute atomic E-state index is 0.0505. The Hall–Kier alpha value is -1.30. The van der Waals surface area contributed by atoms with Crippen LogP contribution in [0.25, 0.3) is 0 Å². The number of hydrogen-bond donors (Lipinski definition) is 1. The number of nitrogens with one attached hydrogen (secondary N) is 1. The topological polar surface area (TPSA) is 64.0 Å². The lowest BCUT2D eigenvalue weighted by molar-refractivity contribution is -0.122. The van der Waals surface area contributed by atoms with Gasteiger partial charge in [-0.2, -0.15) is 0 Å². The number of aryl methyl sites for hydroxylation is 1. The SMILES string of the molecule is Cc1cc(=O)n(C)c(SCCCC(=O)NC(C)(C)C)n1. The molecule has 1 rings (SSSR count). The van der Waals surface area contributed by atoms with E-state index in [0.29, 0.717) is 11.6 Å². The number of carbonyl (C=O) groups excluding carboxylic acids is 1. The van der Waals surface area contributed by atoms with Crippen molar-refractivity contribution < 1.29 is 4.79 Å². The summed E-state index contributed by atoms with van der Waals surface area (Å²) in [6.07, 6.45) is 1.25. The van der Waals surface area contributed by atoms with Gasteiger partial charge in [0.05, 0.1) is 0 Å². The molecule has 0 aliphatic carbocycles. The molecule has 0 radical (unpaired) electrons. The molecule has 20 heavy (non-hydrogen) atoms. The number of amides is 1. The van der Waals surface area contributed by atoms with Gasteiger partial charge in [0.25, 0.3) is 5.56 Å². The van der Waals surface area contributed by atoms with Gasteiger partial charge in [-0.1, -0.05) is 11.8 Å². The van der Waals surface area contributed by atoms with Crippen LogP contribution in [0.2, 0.25) is 0 Å². The molecule has 0 unspecified atom stereocenters. The third-order valence-corrected chi connectivity index (χ3v) is 3.63. The van der Waals surface area contributed by atoms with E-state index in [9.17, 15) is 9.59 Å². The van der Waals surface area contributed by atoms with Crippen LogP contribution in [0.15, 0.2) is 16.0 Å². The van der Waals surface area contributed by atoms with Crippen LogP contribution < -0.4 is 10.9 Å². The summed E-state index contributed by atoms with van der Waals surface area (Å²) in [6.45, 7) is 7.70. The Labute approximate surface area is 124 Å². The van der Waals surface area contributed by atoms with Crippen LogP contribution in [0.1, 0.15) is 39.3 Å². The van der Waals surface area contributed by atoms with Crippen molar-refractivity contribution in [1.82, 2.24) is 14.9 Å². The van der Waals surface area contributed by atoms with Gasteiger partial charge in [0.1, 0.15) is 0 Å². The van der Waals surface area contributed by atoms with E-state index in [1.807, 2.05) is 27.7 Å². The van der Waals surface area contributed by atoms with Crippen molar-refractivity contribution in [2.75, 3.05) is 5.75 Å². The molecule has 1 aromatic heterocycles. The Kier molecular flexibility index (Phi) is 5.80. The lowest BCUT2D eigenvalue weighted by Gasteiger charge is -2.20. The summed E-state index contributed by atoms with van der Waals surface area (Å²) in [5, 5.41) is 3.63. The van der Waals surface area contributed by atoms with E-state index in [1.54, 1.807) is 7.05 Å². The van der Waals surface area contributed by atoms with Gasteiger partial charge >= 0.3 is 0 Å². The molecule has 5 nitrogen and oxygen atoms in total. The Bertz CT molecular complexity index is 532. The molecule has 1 heterocycles. The molecular weight excluding hydrogens is 274 g/mol. The summed E-state index contributed by atoms with van der Waals surface area (Å²) in [5.41, 5.74) is 0.484. The predicted octanol–water partition coefficient (Wildman–Crippen LogP) is 1.88. The molecule has 0 bridgehead atoms. The average molecular weight is 297 g/mol. The number of thioether (sulfide) groups is 1. The molecule has 6 heteroatoms. The van der Waals surface area contributed by atoms with Gasteiger partial charge in [-0.25, -0.2) is 4.98 Å². The lowest BCUT2D eigenvalue weighted by Crippen LogP contribution is -2.40. The highest BCUT2D eigenvalue weighted by Crippen LogP contribution is 2.15. The second-order valence-corrected chi connectivity index (χ2v) is 6.89. The van der Waals surface area contributed by atoms with Crippen molar-refractivity contribution in [2.45, 2.75) is 51.2 Å². The first-order chi connectivity index (χ1) is 9.19. The van der Waals surface area contributed by atoms with Crippen LogP contribution in [-0.4, -0.2) is 26.8 Å². The molecule has 0 fully saturated rings. The molecule has 0 spiro atoms. The smallest absolute Gasteiger partial charge is 0.254 e.